The van der Waals surface area contributed by atoms with E-state index in [2.05, 4.69) is 72.6 Å². The van der Waals surface area contributed by atoms with E-state index in [0.29, 0.717) is 38.5 Å². The van der Waals surface area contributed by atoms with E-state index in [-0.39, 0.29) is 78.5 Å². The molecule has 5 heterocycles. The Labute approximate surface area is 543 Å². The minimum absolute atomic E-state index is 0.0175. The number of amides is 2. The average Bonchev–Trinajstić information content (AvgIpc) is 1.64. The lowest BCUT2D eigenvalue weighted by Gasteiger charge is -2.27. The number of aliphatic carboxylic acids is 8. The molecule has 0 unspecified atom stereocenters. The van der Waals surface area contributed by atoms with E-state index in [1.54, 1.807) is 0 Å². The van der Waals surface area contributed by atoms with E-state index in [9.17, 15) is 88.8 Å². The van der Waals surface area contributed by atoms with Crippen LogP contribution in [-0.4, -0.2) is 281 Å². The second-order valence-electron chi connectivity index (χ2n) is 23.5. The maximum absolute atomic E-state index is 13.4. The van der Waals surface area contributed by atoms with Gasteiger partial charge in [-0.15, -0.1) is 0 Å². The molecule has 0 saturated carbocycles. The van der Waals surface area contributed by atoms with Crippen molar-refractivity contribution in [3.05, 3.63) is 69.3 Å². The fourth-order valence-electron chi connectivity index (χ4n) is 11.6. The third-order valence-corrected chi connectivity index (χ3v) is 16.4. The molecule has 3 aromatic heterocycles. The van der Waals surface area contributed by atoms with Gasteiger partial charge in [0.05, 0.1) is 88.2 Å². The molecule has 0 radical (unpaired) electrons. The third-order valence-electron chi connectivity index (χ3n) is 16.4. The van der Waals surface area contributed by atoms with Gasteiger partial charge in [-0.05, 0) is 148 Å². The Bertz CT molecular complexity index is 3470. The number of hydrogen-bond acceptors (Lipinski definition) is 18. The highest BCUT2D eigenvalue weighted by atomic mass is 16.4. The van der Waals surface area contributed by atoms with Gasteiger partial charge in [0.15, 0.2) is 0 Å². The Morgan fingerprint density at radius 3 is 1.04 bits per heavy atom. The zero-order valence-electron chi connectivity index (χ0n) is 54.3. The standard InChI is InChI=1S/C64H90N12O18/c1-7-43-39(3)47-25-48-41(5)45(13-9-11-15-65-55(77)29-73(33-59(83)84)21-17-71(31-57(79)80)19-23-75(35-61(87)88)36-62(89)90)53(69-48)28-54-46(42(6)50(70-54)27-52-44(8-2)40(4)49(68-52)26-51(43)67-47)14-10-12-16-66-56(78)30-74(34-60(85)86)22-18-72(32-58(81)82)20-24-76(37-63(91)92)38-64(93)94/h25-28,67,70H,7-24,29-38H2,1-6H3,(H,65,77)(H,66,78)(H,79,80)(H,81,82)(H,83,84)(H,85,86)(H,87,88)(H,89,90)(H,91,92)(H,93,94). The zero-order chi connectivity index (χ0) is 69.3. The van der Waals surface area contributed by atoms with Gasteiger partial charge in [0.1, 0.15) is 0 Å². The second kappa shape index (κ2) is 37.1. The molecule has 3 aromatic rings. The Balaban J connectivity index is 1.35. The Morgan fingerprint density at radius 2 is 0.660 bits per heavy atom. The number of aromatic nitrogens is 4. The number of carbonyl (C=O) groups is 10. The van der Waals surface area contributed by atoms with Crippen molar-refractivity contribution in [3.63, 3.8) is 0 Å². The summed E-state index contributed by atoms with van der Waals surface area (Å²) in [4.78, 5) is 145. The highest BCUT2D eigenvalue weighted by molar-refractivity contribution is 5.95. The molecule has 0 aromatic carbocycles. The van der Waals surface area contributed by atoms with Gasteiger partial charge in [0.2, 0.25) is 11.8 Å². The molecule has 514 valence electrons. The number of hydrogen-bond donors (Lipinski definition) is 12. The van der Waals surface area contributed by atoms with Crippen molar-refractivity contribution in [1.29, 1.82) is 0 Å². The van der Waals surface area contributed by atoms with E-state index in [4.69, 9.17) is 9.97 Å². The summed E-state index contributed by atoms with van der Waals surface area (Å²) in [5, 5.41) is 81.3. The van der Waals surface area contributed by atoms with Crippen LogP contribution in [0.1, 0.15) is 111 Å². The number of unbranched alkanes of at least 4 members (excludes halogenated alkanes) is 2. The number of nitrogens with one attached hydrogen (secondary N) is 4. The van der Waals surface area contributed by atoms with Crippen LogP contribution in [0.25, 0.3) is 44.4 Å². The largest absolute Gasteiger partial charge is 0.480 e. The molecule has 0 spiro atoms. The molecule has 2 amide bonds. The highest BCUT2D eigenvalue weighted by Crippen LogP contribution is 2.37. The number of fused-ring (bicyclic) bond motifs is 8. The van der Waals surface area contributed by atoms with E-state index >= 15 is 0 Å². The number of nitrogens with zero attached hydrogens (tertiary/aromatic N) is 8. The molecule has 94 heavy (non-hydrogen) atoms. The van der Waals surface area contributed by atoms with Crippen LogP contribution in [0.5, 0.6) is 0 Å². The van der Waals surface area contributed by atoms with Gasteiger partial charge in [-0.3, -0.25) is 77.3 Å². The van der Waals surface area contributed by atoms with Crippen molar-refractivity contribution >= 4 is 104 Å². The summed E-state index contributed by atoms with van der Waals surface area (Å²) in [6.07, 6.45) is 4.97. The van der Waals surface area contributed by atoms with Crippen LogP contribution >= 0.6 is 0 Å². The quantitative estimate of drug-likeness (QED) is 0.0362. The van der Waals surface area contributed by atoms with Gasteiger partial charge >= 0.3 is 47.8 Å². The van der Waals surface area contributed by atoms with Crippen LogP contribution in [-0.2, 0) is 60.8 Å². The maximum Gasteiger partial charge on any atom is 0.317 e. The van der Waals surface area contributed by atoms with Crippen LogP contribution in [0.15, 0.2) is 24.3 Å². The number of aromatic amines is 2. The molecule has 12 N–H and O–H groups in total. The molecule has 2 aliphatic heterocycles. The van der Waals surface area contributed by atoms with Crippen molar-refractivity contribution in [2.75, 3.05) is 131 Å². The average molecular weight is 1320 g/mol. The monoisotopic (exact) mass is 1310 g/mol. The van der Waals surface area contributed by atoms with E-state index in [1.807, 2.05) is 13.8 Å². The first kappa shape index (κ1) is 75.8. The number of carbonyl (C=O) groups excluding carboxylic acids is 2. The summed E-state index contributed by atoms with van der Waals surface area (Å²) in [7, 11) is 0. The van der Waals surface area contributed by atoms with Gasteiger partial charge in [-0.2, -0.15) is 0 Å². The lowest BCUT2D eigenvalue weighted by Crippen LogP contribution is -2.46. The fraction of sp³-hybridized carbons (Fsp3) is 0.531. The van der Waals surface area contributed by atoms with Crippen molar-refractivity contribution in [2.24, 2.45) is 0 Å². The fourth-order valence-corrected chi connectivity index (χ4v) is 11.6. The molecule has 0 fully saturated rings. The van der Waals surface area contributed by atoms with Crippen LogP contribution in [0, 0.1) is 13.8 Å². The van der Waals surface area contributed by atoms with Crippen molar-refractivity contribution in [2.45, 2.75) is 92.9 Å². The lowest BCUT2D eigenvalue weighted by atomic mass is 9.99. The van der Waals surface area contributed by atoms with Gasteiger partial charge in [0, 0.05) is 87.5 Å². The van der Waals surface area contributed by atoms with Crippen molar-refractivity contribution in [3.8, 4) is 0 Å². The number of carboxylic acid groups (broad SMARTS) is 8. The molecule has 8 bridgehead atoms. The predicted molar refractivity (Wildman–Crippen MR) is 348 cm³/mol. The van der Waals surface area contributed by atoms with Gasteiger partial charge in [0.25, 0.3) is 0 Å². The van der Waals surface area contributed by atoms with E-state index in [0.717, 1.165) is 112 Å². The first-order valence-electron chi connectivity index (χ1n) is 31.3. The predicted octanol–water partition coefficient (Wildman–Crippen LogP) is 2.98. The first-order valence-corrected chi connectivity index (χ1v) is 31.3. The SMILES string of the molecule is CCC1=C(C)c2cc3[nH]c(cc4nc(cc5[nH]c(cc1n2)c(C)c5CCCCNC(=O)CN(CCN(CCN(CC(=O)O)CC(=O)O)CC(=O)O)CC(=O)O)C(CCCCNC(=O)CN(CCN(CCN(CC(=O)O)CC(=O)O)CC(=O)O)CC(=O)O)=C4C)c(C)c3CC. The number of H-pyrrole nitrogens is 2. The lowest BCUT2D eigenvalue weighted by molar-refractivity contribution is -0.144. The number of carboxylic acids is 8. The minimum atomic E-state index is -1.27. The van der Waals surface area contributed by atoms with Crippen molar-refractivity contribution in [1.82, 2.24) is 60.0 Å². The number of allylic oxidation sites excluding steroid dienone is 4. The summed E-state index contributed by atoms with van der Waals surface area (Å²) >= 11 is 0. The van der Waals surface area contributed by atoms with Crippen LogP contribution in [0.4, 0.5) is 0 Å². The first-order chi connectivity index (χ1) is 44.5. The molecule has 5 rings (SSSR count). The van der Waals surface area contributed by atoms with Gasteiger partial charge in [-0.25, -0.2) is 9.97 Å². The van der Waals surface area contributed by atoms with Crippen LogP contribution in [0.2, 0.25) is 0 Å². The summed E-state index contributed by atoms with van der Waals surface area (Å²) in [5.41, 5.74) is 15.1. The summed E-state index contributed by atoms with van der Waals surface area (Å²) in [6.45, 7) is 7.54. The smallest absolute Gasteiger partial charge is 0.317 e. The second-order valence-corrected chi connectivity index (χ2v) is 23.5. The minimum Gasteiger partial charge on any atom is -0.480 e. The summed E-state index contributed by atoms with van der Waals surface area (Å²) in [6, 6.07) is 8.30. The Hall–Kier alpha value is -8.94. The number of aryl methyl sites for hydroxylation is 4. The summed E-state index contributed by atoms with van der Waals surface area (Å²) < 4.78 is 0. The van der Waals surface area contributed by atoms with Gasteiger partial charge in [-0.1, -0.05) is 13.8 Å². The van der Waals surface area contributed by atoms with Crippen LogP contribution in [0.3, 0.4) is 0 Å². The maximum atomic E-state index is 13.4. The molecule has 30 heteroatoms. The van der Waals surface area contributed by atoms with E-state index < -0.39 is 112 Å². The van der Waals surface area contributed by atoms with Crippen molar-refractivity contribution < 1.29 is 88.8 Å². The molecule has 30 nitrogen and oxygen atoms in total. The molecular weight excluding hydrogens is 1220 g/mol. The molecular formula is C64H90N12O18. The third kappa shape index (κ3) is 24.5. The van der Waals surface area contributed by atoms with Crippen LogP contribution < -0.4 is 10.6 Å². The Morgan fingerprint density at radius 1 is 0.362 bits per heavy atom. The molecule has 2 aliphatic rings. The Kier molecular flexibility index (Phi) is 29.9. The molecule has 0 atom stereocenters. The highest BCUT2D eigenvalue weighted by Gasteiger charge is 2.25. The normalized spacial score (nSPS) is 12.5. The van der Waals surface area contributed by atoms with Gasteiger partial charge < -0.3 is 61.5 Å². The zero-order valence-corrected chi connectivity index (χ0v) is 54.3. The number of rotatable bonds is 44. The topological polar surface area (TPSA) is 433 Å². The van der Waals surface area contributed by atoms with E-state index in [1.165, 1.54) is 19.6 Å². The molecule has 0 aliphatic carbocycles. The summed E-state index contributed by atoms with van der Waals surface area (Å²) in [5.74, 6) is -10.8. The molecule has 0 saturated heterocycles.